The van der Waals surface area contributed by atoms with Gasteiger partial charge in [-0.3, -0.25) is 0 Å². The van der Waals surface area contributed by atoms with Gasteiger partial charge in [0.15, 0.2) is 5.69 Å². The lowest BCUT2D eigenvalue weighted by Gasteiger charge is -2.57. The fraction of sp³-hybridized carbons (Fsp3) is 0.839. The number of fused-ring (bicyclic) bond motifs is 4. The first-order valence-electron chi connectivity index (χ1n) is 14.9. The first kappa shape index (κ1) is 26.0. The number of allylic oxidation sites excluding steroid dienone is 2. The van der Waals surface area contributed by atoms with Gasteiger partial charge in [-0.25, -0.2) is 9.48 Å². The van der Waals surface area contributed by atoms with Gasteiger partial charge in [-0.2, -0.15) is 0 Å². The van der Waals surface area contributed by atoms with Crippen LogP contribution < -0.4 is 0 Å². The van der Waals surface area contributed by atoms with E-state index in [1.165, 1.54) is 57.8 Å². The van der Waals surface area contributed by atoms with E-state index in [4.69, 9.17) is 0 Å². The Morgan fingerprint density at radius 3 is 2.56 bits per heavy atom. The van der Waals surface area contributed by atoms with Crippen LogP contribution >= 0.6 is 0 Å². The van der Waals surface area contributed by atoms with E-state index in [9.17, 15) is 9.90 Å². The second-order valence-electron chi connectivity index (χ2n) is 14.0. The molecule has 0 aliphatic heterocycles. The number of aromatic nitrogens is 3. The molecule has 1 aromatic rings. The lowest BCUT2D eigenvalue weighted by atomic mass is 9.48. The Labute approximate surface area is 218 Å². The summed E-state index contributed by atoms with van der Waals surface area (Å²) in [5.74, 6) is 3.76. The van der Waals surface area contributed by atoms with E-state index in [1.807, 2.05) is 15.8 Å². The lowest BCUT2D eigenvalue weighted by molar-refractivity contribution is -0.00882. The number of hydrogen-bond acceptors (Lipinski definition) is 3. The van der Waals surface area contributed by atoms with Crippen molar-refractivity contribution in [3.8, 4) is 0 Å². The van der Waals surface area contributed by atoms with Gasteiger partial charge in [0.05, 0.1) is 12.2 Å². The molecule has 200 valence electrons. The summed E-state index contributed by atoms with van der Waals surface area (Å²) in [7, 11) is 0. The second kappa shape index (κ2) is 9.58. The third-order valence-corrected chi connectivity index (χ3v) is 12.0. The van der Waals surface area contributed by atoms with Crippen molar-refractivity contribution < 1.29 is 9.90 Å². The molecule has 0 bridgehead atoms. The third-order valence-electron chi connectivity index (χ3n) is 12.0. The minimum atomic E-state index is -0.986. The molecule has 1 aromatic heterocycles. The molecule has 3 fully saturated rings. The Hall–Kier alpha value is -1.65. The smallest absolute Gasteiger partial charge is 0.358 e. The third kappa shape index (κ3) is 4.26. The minimum Gasteiger partial charge on any atom is -0.476 e. The second-order valence-corrected chi connectivity index (χ2v) is 14.0. The first-order chi connectivity index (χ1) is 17.0. The number of aromatic carboxylic acids is 1. The molecule has 4 aliphatic rings. The van der Waals surface area contributed by atoms with Crippen LogP contribution in [0.5, 0.6) is 0 Å². The molecule has 1 N–H and O–H groups in total. The maximum atomic E-state index is 11.3. The summed E-state index contributed by atoms with van der Waals surface area (Å²) in [6, 6.07) is 0.289. The number of hydrogen-bond donors (Lipinski definition) is 1. The van der Waals surface area contributed by atoms with Crippen LogP contribution in [0.2, 0.25) is 0 Å². The molecule has 8 atom stereocenters. The van der Waals surface area contributed by atoms with E-state index < -0.39 is 5.97 Å². The maximum Gasteiger partial charge on any atom is 0.358 e. The Balaban J connectivity index is 1.31. The van der Waals surface area contributed by atoms with Crippen molar-refractivity contribution in [3.05, 3.63) is 23.0 Å². The molecule has 0 amide bonds. The van der Waals surface area contributed by atoms with Gasteiger partial charge >= 0.3 is 5.97 Å². The Kier molecular flexibility index (Phi) is 6.91. The van der Waals surface area contributed by atoms with Gasteiger partial charge in [0.2, 0.25) is 0 Å². The predicted octanol–water partition coefficient (Wildman–Crippen LogP) is 7.95. The minimum absolute atomic E-state index is 0.0641. The van der Waals surface area contributed by atoms with Crippen LogP contribution in [0, 0.1) is 46.3 Å². The molecule has 36 heavy (non-hydrogen) atoms. The monoisotopic (exact) mass is 495 g/mol. The van der Waals surface area contributed by atoms with E-state index in [2.05, 4.69) is 51.9 Å². The van der Waals surface area contributed by atoms with Gasteiger partial charge in [-0.05, 0) is 104 Å². The van der Waals surface area contributed by atoms with Crippen LogP contribution in [-0.4, -0.2) is 26.1 Å². The zero-order chi connectivity index (χ0) is 25.8. The summed E-state index contributed by atoms with van der Waals surface area (Å²) in [5, 5.41) is 17.3. The highest BCUT2D eigenvalue weighted by Gasteiger charge is 2.55. The van der Waals surface area contributed by atoms with Gasteiger partial charge in [-0.1, -0.05) is 70.7 Å². The van der Waals surface area contributed by atoms with Crippen molar-refractivity contribution in [1.82, 2.24) is 15.0 Å². The molecule has 5 rings (SSSR count). The van der Waals surface area contributed by atoms with Crippen molar-refractivity contribution >= 4 is 5.97 Å². The summed E-state index contributed by atoms with van der Waals surface area (Å²) in [5.41, 5.74) is 4.64. The fourth-order valence-corrected chi connectivity index (χ4v) is 9.27. The van der Waals surface area contributed by atoms with Crippen LogP contribution in [0.1, 0.15) is 129 Å². The van der Waals surface area contributed by atoms with Crippen LogP contribution in [0.3, 0.4) is 0 Å². The highest BCUT2D eigenvalue weighted by atomic mass is 16.4. The molecule has 0 spiro atoms. The van der Waals surface area contributed by atoms with Gasteiger partial charge in [0.25, 0.3) is 0 Å². The molecular formula is C31H49N3O2. The molecule has 1 heterocycles. The van der Waals surface area contributed by atoms with Gasteiger partial charge in [0, 0.05) is 0 Å². The largest absolute Gasteiger partial charge is 0.476 e. The molecule has 4 aliphatic carbocycles. The normalized spacial score (nSPS) is 37.9. The summed E-state index contributed by atoms with van der Waals surface area (Å²) < 4.78 is 1.85. The van der Waals surface area contributed by atoms with Gasteiger partial charge in [-0.15, -0.1) is 5.10 Å². The molecule has 5 nitrogen and oxygen atoms in total. The fourth-order valence-electron chi connectivity index (χ4n) is 9.27. The molecule has 3 saturated carbocycles. The van der Waals surface area contributed by atoms with Crippen molar-refractivity contribution in [2.75, 3.05) is 0 Å². The highest BCUT2D eigenvalue weighted by Crippen LogP contribution is 2.66. The van der Waals surface area contributed by atoms with E-state index in [0.29, 0.717) is 16.7 Å². The molecular weight excluding hydrogens is 446 g/mol. The Morgan fingerprint density at radius 1 is 1.08 bits per heavy atom. The SMILES string of the molecule is CC(C)[C@@H](C)CC[C@@H](C)[C@H]1CCC2=C3CC[C@H]4C[C@@H](n5cc(C(=O)O)nn5)CC[C@]4(C)[C@H]3CC[C@@]21C. The summed E-state index contributed by atoms with van der Waals surface area (Å²) in [4.78, 5) is 11.3. The number of rotatable bonds is 7. The van der Waals surface area contributed by atoms with Crippen molar-refractivity contribution in [2.45, 2.75) is 118 Å². The standard InChI is InChI=1S/C31H49N3O2/c1-19(2)20(3)7-8-21(4)25-11-12-26-24-10-9-22-17-23(34-18-28(29(35)36)32-33-34)13-15-30(22,5)27(24)14-16-31(25,26)6/h18-23,25,27H,7-17H2,1-6H3,(H,35,36)/t20-,21+,22-,23-,25+,27-,30-,31+/m0/s1. The quantitative estimate of drug-likeness (QED) is 0.390. The highest BCUT2D eigenvalue weighted by molar-refractivity contribution is 5.84. The van der Waals surface area contributed by atoms with E-state index in [0.717, 1.165) is 42.4 Å². The Bertz CT molecular complexity index is 1010. The topological polar surface area (TPSA) is 68.0 Å². The molecule has 5 heteroatoms. The van der Waals surface area contributed by atoms with E-state index in [-0.39, 0.29) is 11.7 Å². The zero-order valence-electron chi connectivity index (χ0n) is 23.6. The van der Waals surface area contributed by atoms with Crippen LogP contribution in [0.4, 0.5) is 0 Å². The van der Waals surface area contributed by atoms with Crippen LogP contribution in [0.15, 0.2) is 17.3 Å². The zero-order valence-corrected chi connectivity index (χ0v) is 23.6. The van der Waals surface area contributed by atoms with E-state index >= 15 is 0 Å². The maximum absolute atomic E-state index is 11.3. The summed E-state index contributed by atoms with van der Waals surface area (Å²) in [6.45, 7) is 15.0. The summed E-state index contributed by atoms with van der Waals surface area (Å²) >= 11 is 0. The van der Waals surface area contributed by atoms with Gasteiger partial charge in [0.1, 0.15) is 0 Å². The van der Waals surface area contributed by atoms with Crippen molar-refractivity contribution in [2.24, 2.45) is 46.3 Å². The number of carboxylic acids is 1. The molecule has 0 saturated heterocycles. The first-order valence-corrected chi connectivity index (χ1v) is 14.9. The number of nitrogens with zero attached hydrogens (tertiary/aromatic N) is 3. The average Bonchev–Trinajstić information content (AvgIpc) is 3.46. The number of carboxylic acid groups (broad SMARTS) is 1. The van der Waals surface area contributed by atoms with Crippen LogP contribution in [-0.2, 0) is 0 Å². The lowest BCUT2D eigenvalue weighted by Crippen LogP contribution is -2.47. The molecule has 0 unspecified atom stereocenters. The Morgan fingerprint density at radius 2 is 1.86 bits per heavy atom. The number of carbonyl (C=O) groups is 1. The molecule has 0 radical (unpaired) electrons. The van der Waals surface area contributed by atoms with Crippen molar-refractivity contribution in [3.63, 3.8) is 0 Å². The molecule has 0 aromatic carbocycles. The van der Waals surface area contributed by atoms with E-state index in [1.54, 1.807) is 6.20 Å². The van der Waals surface area contributed by atoms with Crippen LogP contribution in [0.25, 0.3) is 0 Å². The predicted molar refractivity (Wildman–Crippen MR) is 144 cm³/mol. The summed E-state index contributed by atoms with van der Waals surface area (Å²) in [6.07, 6.45) is 15.9. The average molecular weight is 496 g/mol. The van der Waals surface area contributed by atoms with Crippen molar-refractivity contribution in [1.29, 1.82) is 0 Å². The van der Waals surface area contributed by atoms with Gasteiger partial charge < -0.3 is 5.11 Å².